The lowest BCUT2D eigenvalue weighted by Gasteiger charge is -2.37. The van der Waals surface area contributed by atoms with E-state index in [1.54, 1.807) is 17.7 Å². The van der Waals surface area contributed by atoms with E-state index in [0.717, 1.165) is 34.5 Å². The molecule has 1 saturated heterocycles. The molecule has 2 atom stereocenters. The van der Waals surface area contributed by atoms with Crippen LogP contribution in [-0.2, 0) is 17.8 Å². The van der Waals surface area contributed by atoms with Crippen LogP contribution in [0.4, 0.5) is 5.82 Å². The van der Waals surface area contributed by atoms with E-state index in [9.17, 15) is 0 Å². The molecule has 5 nitrogen and oxygen atoms in total. The third-order valence-corrected chi connectivity index (χ3v) is 7.08. The largest absolute Gasteiger partial charge is 0.370 e. The van der Waals surface area contributed by atoms with E-state index < -0.39 is 0 Å². The summed E-state index contributed by atoms with van der Waals surface area (Å²) in [6.07, 6.45) is 5.08. The van der Waals surface area contributed by atoms with Gasteiger partial charge in [-0.2, -0.15) is 0 Å². The molecule has 2 aliphatic heterocycles. The topological polar surface area (TPSA) is 51.1 Å². The Hall–Kier alpha value is -1.79. The second-order valence-corrected chi connectivity index (χ2v) is 9.83. The number of piperidine rings is 1. The quantitative estimate of drug-likeness (QED) is 0.610. The first-order chi connectivity index (χ1) is 12.9. The van der Waals surface area contributed by atoms with Crippen molar-refractivity contribution in [2.75, 3.05) is 11.4 Å². The highest BCUT2D eigenvalue weighted by atomic mass is 32.1. The van der Waals surface area contributed by atoms with Crippen LogP contribution in [-0.4, -0.2) is 33.1 Å². The summed E-state index contributed by atoms with van der Waals surface area (Å²) in [6.45, 7) is 10.6. The van der Waals surface area contributed by atoms with E-state index in [0.29, 0.717) is 18.6 Å². The van der Waals surface area contributed by atoms with Gasteiger partial charge >= 0.3 is 0 Å². The summed E-state index contributed by atoms with van der Waals surface area (Å²) in [5.41, 5.74) is 3.25. The van der Waals surface area contributed by atoms with Gasteiger partial charge in [-0.15, -0.1) is 11.3 Å². The Balaban J connectivity index is 1.67. The maximum absolute atomic E-state index is 6.00. The smallest absolute Gasteiger partial charge is 0.150 e. The van der Waals surface area contributed by atoms with Gasteiger partial charge in [-0.1, -0.05) is 6.92 Å². The van der Waals surface area contributed by atoms with Crippen LogP contribution in [0.5, 0.6) is 0 Å². The normalized spacial score (nSPS) is 25.1. The molecule has 0 saturated carbocycles. The number of hydrogen-bond donors (Lipinski definition) is 0. The van der Waals surface area contributed by atoms with Crippen LogP contribution in [0.3, 0.4) is 0 Å². The van der Waals surface area contributed by atoms with Crippen molar-refractivity contribution in [2.24, 2.45) is 5.92 Å². The second-order valence-electron chi connectivity index (χ2n) is 8.83. The van der Waals surface area contributed by atoms with Crippen molar-refractivity contribution in [1.29, 1.82) is 0 Å². The molecule has 0 N–H and O–H groups in total. The molecule has 0 radical (unpaired) electrons. The molecule has 0 aromatic carbocycles. The number of rotatable bonds is 1. The van der Waals surface area contributed by atoms with Gasteiger partial charge in [-0.25, -0.2) is 15.0 Å². The van der Waals surface area contributed by atoms with Gasteiger partial charge in [-0.3, -0.25) is 0 Å². The fraction of sp³-hybridized carbons (Fsp3) is 0.571. The van der Waals surface area contributed by atoms with Crippen molar-refractivity contribution in [1.82, 2.24) is 15.0 Å². The minimum Gasteiger partial charge on any atom is -0.370 e. The van der Waals surface area contributed by atoms with Crippen LogP contribution in [0.1, 0.15) is 51.8 Å². The molecule has 6 heteroatoms. The highest BCUT2D eigenvalue weighted by molar-refractivity contribution is 7.25. The Bertz CT molecular complexity index is 1030. The zero-order valence-electron chi connectivity index (χ0n) is 16.5. The van der Waals surface area contributed by atoms with Crippen molar-refractivity contribution in [3.8, 4) is 0 Å². The number of thiophene rings is 1. The molecule has 5 rings (SSSR count). The Labute approximate surface area is 163 Å². The predicted molar refractivity (Wildman–Crippen MR) is 110 cm³/mol. The Morgan fingerprint density at radius 1 is 1.22 bits per heavy atom. The molecular weight excluding hydrogens is 356 g/mol. The van der Waals surface area contributed by atoms with Crippen molar-refractivity contribution in [3.05, 3.63) is 23.7 Å². The van der Waals surface area contributed by atoms with Gasteiger partial charge in [0.2, 0.25) is 0 Å². The maximum atomic E-state index is 6.00. The maximum Gasteiger partial charge on any atom is 0.150 e. The number of aromatic nitrogens is 3. The molecule has 2 unspecified atom stereocenters. The molecule has 142 valence electrons. The Kier molecular flexibility index (Phi) is 3.92. The standard InChI is InChI=1S/C21H26N4OS/c1-12-5-6-13(2)25(9-12)19-18-17(22-11-23-19)15-7-14-10-26-21(3,4)8-16(14)24-20(15)27-18/h7,11-13H,5-6,8-10H2,1-4H3. The van der Waals surface area contributed by atoms with Gasteiger partial charge in [-0.05, 0) is 45.6 Å². The molecule has 27 heavy (non-hydrogen) atoms. The molecule has 5 heterocycles. The van der Waals surface area contributed by atoms with Gasteiger partial charge in [0.05, 0.1) is 28.1 Å². The number of pyridine rings is 1. The minimum atomic E-state index is -0.144. The highest BCUT2D eigenvalue weighted by Gasteiger charge is 2.29. The van der Waals surface area contributed by atoms with Gasteiger partial charge < -0.3 is 9.64 Å². The Morgan fingerprint density at radius 3 is 2.93 bits per heavy atom. The SMILES string of the molecule is CC1CCC(C)N(c2ncnc3c2sc2nc4c(cc23)COC(C)(C)C4)C1. The molecule has 0 bridgehead atoms. The van der Waals surface area contributed by atoms with Crippen LogP contribution >= 0.6 is 11.3 Å². The fourth-order valence-electron chi connectivity index (χ4n) is 4.36. The molecule has 3 aromatic heterocycles. The minimum absolute atomic E-state index is 0.144. The molecule has 3 aromatic rings. The van der Waals surface area contributed by atoms with E-state index in [1.807, 2.05) is 0 Å². The summed E-state index contributed by atoms with van der Waals surface area (Å²) >= 11 is 1.74. The first-order valence-electron chi connectivity index (χ1n) is 9.88. The van der Waals surface area contributed by atoms with Crippen molar-refractivity contribution >= 4 is 37.6 Å². The van der Waals surface area contributed by atoms with E-state index >= 15 is 0 Å². The van der Waals surface area contributed by atoms with Gasteiger partial charge in [0.15, 0.2) is 0 Å². The van der Waals surface area contributed by atoms with Crippen LogP contribution in [0.25, 0.3) is 20.4 Å². The van der Waals surface area contributed by atoms with Crippen LogP contribution in [0.2, 0.25) is 0 Å². The number of hydrogen-bond acceptors (Lipinski definition) is 6. The summed E-state index contributed by atoms with van der Waals surface area (Å²) in [4.78, 5) is 17.9. The zero-order chi connectivity index (χ0) is 18.8. The number of anilines is 1. The van der Waals surface area contributed by atoms with E-state index in [4.69, 9.17) is 14.7 Å². The zero-order valence-corrected chi connectivity index (χ0v) is 17.3. The van der Waals surface area contributed by atoms with E-state index in [-0.39, 0.29) is 5.60 Å². The number of ether oxygens (including phenoxy) is 1. The monoisotopic (exact) mass is 382 g/mol. The summed E-state index contributed by atoms with van der Waals surface area (Å²) in [5, 5.41) is 1.14. The molecule has 0 amide bonds. The average Bonchev–Trinajstić information content (AvgIpc) is 2.98. The van der Waals surface area contributed by atoms with Gasteiger partial charge in [0.1, 0.15) is 17.0 Å². The lowest BCUT2D eigenvalue weighted by Crippen LogP contribution is -2.41. The third-order valence-electron chi connectivity index (χ3n) is 6.00. The predicted octanol–water partition coefficient (Wildman–Crippen LogP) is 4.72. The van der Waals surface area contributed by atoms with E-state index in [1.165, 1.54) is 28.8 Å². The molecule has 1 fully saturated rings. The number of fused-ring (bicyclic) bond motifs is 4. The first kappa shape index (κ1) is 17.3. The lowest BCUT2D eigenvalue weighted by atomic mass is 9.95. The summed E-state index contributed by atoms with van der Waals surface area (Å²) in [6, 6.07) is 2.75. The third kappa shape index (κ3) is 2.90. The van der Waals surface area contributed by atoms with Crippen LogP contribution < -0.4 is 4.90 Å². The van der Waals surface area contributed by atoms with Crippen molar-refractivity contribution in [2.45, 2.75) is 65.2 Å². The summed E-state index contributed by atoms with van der Waals surface area (Å²) in [5.74, 6) is 1.78. The van der Waals surface area contributed by atoms with Crippen molar-refractivity contribution < 1.29 is 4.74 Å². The van der Waals surface area contributed by atoms with Crippen LogP contribution in [0.15, 0.2) is 12.4 Å². The average molecular weight is 383 g/mol. The van der Waals surface area contributed by atoms with Crippen molar-refractivity contribution in [3.63, 3.8) is 0 Å². The Morgan fingerprint density at radius 2 is 2.07 bits per heavy atom. The summed E-state index contributed by atoms with van der Waals surface area (Å²) < 4.78 is 7.17. The molecule has 0 aliphatic carbocycles. The fourth-order valence-corrected chi connectivity index (χ4v) is 5.50. The molecule has 0 spiro atoms. The van der Waals surface area contributed by atoms with Gasteiger partial charge in [0.25, 0.3) is 0 Å². The number of nitrogens with zero attached hydrogens (tertiary/aromatic N) is 4. The summed E-state index contributed by atoms with van der Waals surface area (Å²) in [7, 11) is 0. The van der Waals surface area contributed by atoms with E-state index in [2.05, 4.69) is 43.6 Å². The molecular formula is C21H26N4OS. The lowest BCUT2D eigenvalue weighted by molar-refractivity contribution is -0.0411. The molecule has 2 aliphatic rings. The van der Waals surface area contributed by atoms with Gasteiger partial charge in [0, 0.05) is 30.0 Å². The van der Waals surface area contributed by atoms with Crippen LogP contribution in [0, 0.1) is 5.92 Å². The highest BCUT2D eigenvalue weighted by Crippen LogP contribution is 2.40. The second kappa shape index (κ2) is 6.11. The first-order valence-corrected chi connectivity index (χ1v) is 10.7.